The third kappa shape index (κ3) is 3.49. The Labute approximate surface area is 121 Å². The molecule has 20 heavy (non-hydrogen) atoms. The molecule has 0 unspecified atom stereocenters. The molecule has 0 aliphatic carbocycles. The van der Waals surface area contributed by atoms with Crippen molar-refractivity contribution in [1.29, 1.82) is 0 Å². The van der Waals surface area contributed by atoms with Crippen LogP contribution in [0.15, 0.2) is 18.2 Å². The zero-order valence-corrected chi connectivity index (χ0v) is 12.6. The molecule has 3 nitrogen and oxygen atoms in total. The highest BCUT2D eigenvalue weighted by atomic mass is 19.1. The Balaban J connectivity index is 2.11. The molecule has 1 saturated heterocycles. The molecule has 1 heterocycles. The minimum Gasteiger partial charge on any atom is -0.389 e. The second kappa shape index (κ2) is 6.55. The molecule has 1 N–H and O–H groups in total. The molecule has 4 heteroatoms. The van der Waals surface area contributed by atoms with Crippen LogP contribution in [0.2, 0.25) is 0 Å². The van der Waals surface area contributed by atoms with Crippen molar-refractivity contribution in [2.45, 2.75) is 25.9 Å². The molecule has 1 aromatic carbocycles. The fraction of sp³-hybridized carbons (Fsp3) is 0.625. The summed E-state index contributed by atoms with van der Waals surface area (Å²) in [6.07, 6.45) is 1.51. The van der Waals surface area contributed by atoms with Crippen LogP contribution in [0.3, 0.4) is 0 Å². The molecule has 0 saturated carbocycles. The minimum absolute atomic E-state index is 0.227. The van der Waals surface area contributed by atoms with Crippen LogP contribution in [0.1, 0.15) is 31.4 Å². The Kier molecular flexibility index (Phi) is 5.00. The topological polar surface area (TPSA) is 26.7 Å². The summed E-state index contributed by atoms with van der Waals surface area (Å²) in [6, 6.07) is 4.96. The Morgan fingerprint density at radius 3 is 2.55 bits per heavy atom. The molecule has 0 bridgehead atoms. The number of para-hydroxylation sites is 1. The van der Waals surface area contributed by atoms with E-state index >= 15 is 0 Å². The van der Waals surface area contributed by atoms with Crippen molar-refractivity contribution in [2.24, 2.45) is 5.92 Å². The molecule has 0 amide bonds. The molecule has 1 atom stereocenters. The molecular formula is C16H25FN2O. The first-order valence-corrected chi connectivity index (χ1v) is 7.35. The normalized spacial score (nSPS) is 18.6. The van der Waals surface area contributed by atoms with E-state index < -0.39 is 6.10 Å². The third-order valence-electron chi connectivity index (χ3n) is 4.02. The van der Waals surface area contributed by atoms with Crippen LogP contribution < -0.4 is 4.90 Å². The molecule has 1 aromatic rings. The lowest BCUT2D eigenvalue weighted by atomic mass is 9.95. The van der Waals surface area contributed by atoms with Gasteiger partial charge in [-0.05, 0) is 45.8 Å². The van der Waals surface area contributed by atoms with Gasteiger partial charge >= 0.3 is 0 Å². The van der Waals surface area contributed by atoms with Gasteiger partial charge in [0, 0.05) is 25.2 Å². The van der Waals surface area contributed by atoms with E-state index in [1.54, 1.807) is 13.0 Å². The second-order valence-corrected chi connectivity index (χ2v) is 6.05. The van der Waals surface area contributed by atoms with Crippen molar-refractivity contribution in [3.05, 3.63) is 29.6 Å². The van der Waals surface area contributed by atoms with Gasteiger partial charge in [0.1, 0.15) is 5.82 Å². The number of piperidine rings is 1. The summed E-state index contributed by atoms with van der Waals surface area (Å²) in [4.78, 5) is 4.30. The summed E-state index contributed by atoms with van der Waals surface area (Å²) < 4.78 is 14.1. The number of hydrogen-bond acceptors (Lipinski definition) is 3. The van der Waals surface area contributed by atoms with Crippen molar-refractivity contribution in [2.75, 3.05) is 38.6 Å². The highest BCUT2D eigenvalue weighted by molar-refractivity contribution is 5.56. The van der Waals surface area contributed by atoms with Gasteiger partial charge in [-0.15, -0.1) is 0 Å². The maximum Gasteiger partial charge on any atom is 0.146 e. The summed E-state index contributed by atoms with van der Waals surface area (Å²) >= 11 is 0. The van der Waals surface area contributed by atoms with Crippen molar-refractivity contribution in [3.63, 3.8) is 0 Å². The third-order valence-corrected chi connectivity index (χ3v) is 4.02. The Bertz CT molecular complexity index is 440. The predicted molar refractivity (Wildman–Crippen MR) is 80.5 cm³/mol. The van der Waals surface area contributed by atoms with E-state index in [0.717, 1.165) is 32.5 Å². The molecule has 1 fully saturated rings. The van der Waals surface area contributed by atoms with Crippen molar-refractivity contribution < 1.29 is 9.50 Å². The summed E-state index contributed by atoms with van der Waals surface area (Å²) in [5.74, 6) is 0.456. The van der Waals surface area contributed by atoms with Crippen molar-refractivity contribution >= 4 is 5.69 Å². The lowest BCUT2D eigenvalue weighted by Crippen LogP contribution is -2.38. The number of aliphatic hydroxyl groups excluding tert-OH is 1. The van der Waals surface area contributed by atoms with Crippen LogP contribution in [0, 0.1) is 11.7 Å². The summed E-state index contributed by atoms with van der Waals surface area (Å²) in [5.41, 5.74) is 1.28. The first-order chi connectivity index (χ1) is 9.49. The molecule has 0 aromatic heterocycles. The van der Waals surface area contributed by atoms with Gasteiger partial charge < -0.3 is 14.9 Å². The number of nitrogens with zero attached hydrogens (tertiary/aromatic N) is 2. The average Bonchev–Trinajstić information content (AvgIpc) is 2.39. The van der Waals surface area contributed by atoms with Crippen LogP contribution in [0.5, 0.6) is 0 Å². The van der Waals surface area contributed by atoms with Gasteiger partial charge in [0.15, 0.2) is 0 Å². The van der Waals surface area contributed by atoms with Gasteiger partial charge in [0.25, 0.3) is 0 Å². The van der Waals surface area contributed by atoms with E-state index in [9.17, 15) is 9.50 Å². The first kappa shape index (κ1) is 15.3. The first-order valence-electron chi connectivity index (χ1n) is 7.35. The van der Waals surface area contributed by atoms with Crippen molar-refractivity contribution in [1.82, 2.24) is 4.90 Å². The molecule has 112 valence electrons. The zero-order chi connectivity index (χ0) is 14.7. The monoisotopic (exact) mass is 280 g/mol. The predicted octanol–water partition coefficient (Wildman–Crippen LogP) is 2.66. The Morgan fingerprint density at radius 1 is 1.35 bits per heavy atom. The average molecular weight is 280 g/mol. The Hall–Kier alpha value is -1.13. The standard InChI is InChI=1S/C16H25FN2O/c1-12(20)14-5-4-6-15(17)16(14)19-9-7-13(8-10-19)11-18(2)3/h4-6,12-13,20H,7-11H2,1-3H3/t12-/m0/s1. The summed E-state index contributed by atoms with van der Waals surface area (Å²) in [6.45, 7) is 4.50. The lowest BCUT2D eigenvalue weighted by molar-refractivity contribution is 0.198. The Morgan fingerprint density at radius 2 is 2.00 bits per heavy atom. The fourth-order valence-electron chi connectivity index (χ4n) is 3.06. The van der Waals surface area contributed by atoms with Gasteiger partial charge in [-0.25, -0.2) is 4.39 Å². The molecule has 1 aliphatic rings. The molecule has 0 spiro atoms. The van der Waals surface area contributed by atoms with Crippen LogP contribution >= 0.6 is 0 Å². The largest absolute Gasteiger partial charge is 0.389 e. The molecule has 1 aliphatic heterocycles. The molecular weight excluding hydrogens is 255 g/mol. The maximum absolute atomic E-state index is 14.1. The van der Waals surface area contributed by atoms with E-state index in [2.05, 4.69) is 23.9 Å². The lowest BCUT2D eigenvalue weighted by Gasteiger charge is -2.36. The van der Waals surface area contributed by atoms with Gasteiger partial charge in [0.2, 0.25) is 0 Å². The summed E-state index contributed by atoms with van der Waals surface area (Å²) in [7, 11) is 4.18. The number of aliphatic hydroxyl groups is 1. The van der Waals surface area contributed by atoms with Gasteiger partial charge in [-0.3, -0.25) is 0 Å². The van der Waals surface area contributed by atoms with Gasteiger partial charge in [-0.1, -0.05) is 12.1 Å². The zero-order valence-electron chi connectivity index (χ0n) is 12.6. The van der Waals surface area contributed by atoms with Gasteiger partial charge in [0.05, 0.1) is 11.8 Å². The minimum atomic E-state index is -0.639. The van der Waals surface area contributed by atoms with E-state index in [-0.39, 0.29) is 5.82 Å². The number of hydrogen-bond donors (Lipinski definition) is 1. The van der Waals surface area contributed by atoms with Crippen molar-refractivity contribution in [3.8, 4) is 0 Å². The molecule has 0 radical (unpaired) electrons. The highest BCUT2D eigenvalue weighted by Gasteiger charge is 2.24. The van der Waals surface area contributed by atoms with Gasteiger partial charge in [-0.2, -0.15) is 0 Å². The summed E-state index contributed by atoms with van der Waals surface area (Å²) in [5, 5.41) is 9.83. The number of rotatable bonds is 4. The van der Waals surface area contributed by atoms with Crippen LogP contribution in [-0.4, -0.2) is 43.7 Å². The van der Waals surface area contributed by atoms with E-state index in [1.807, 2.05) is 6.07 Å². The van der Waals surface area contributed by atoms with Crippen LogP contribution in [0.25, 0.3) is 0 Å². The van der Waals surface area contributed by atoms with E-state index in [4.69, 9.17) is 0 Å². The number of benzene rings is 1. The molecule has 2 rings (SSSR count). The van der Waals surface area contributed by atoms with E-state index in [0.29, 0.717) is 17.2 Å². The highest BCUT2D eigenvalue weighted by Crippen LogP contribution is 2.32. The fourth-order valence-corrected chi connectivity index (χ4v) is 3.06. The maximum atomic E-state index is 14.1. The van der Waals surface area contributed by atoms with Crippen LogP contribution in [0.4, 0.5) is 10.1 Å². The van der Waals surface area contributed by atoms with Crippen LogP contribution in [-0.2, 0) is 0 Å². The number of halogens is 1. The smallest absolute Gasteiger partial charge is 0.146 e. The number of anilines is 1. The van der Waals surface area contributed by atoms with E-state index in [1.165, 1.54) is 6.07 Å². The quantitative estimate of drug-likeness (QED) is 0.918. The SMILES string of the molecule is C[C@H](O)c1cccc(F)c1N1CCC(CN(C)C)CC1. The second-order valence-electron chi connectivity index (χ2n) is 6.05.